The number of hydrogen-bond acceptors (Lipinski definition) is 2. The fraction of sp³-hybridized carbons (Fsp3) is 0.0588. The van der Waals surface area contributed by atoms with E-state index in [-0.39, 0.29) is 5.56 Å². The first-order valence-electron chi connectivity index (χ1n) is 6.84. The predicted octanol–water partition coefficient (Wildman–Crippen LogP) is 3.99. The normalized spacial score (nSPS) is 10.7. The number of H-pyrrole nitrogens is 1. The van der Waals surface area contributed by atoms with Crippen LogP contribution in [-0.4, -0.2) is 10.9 Å². The smallest absolute Gasteiger partial charge is 0.261 e. The minimum absolute atomic E-state index is 0.0234. The van der Waals surface area contributed by atoms with E-state index >= 15 is 0 Å². The molecule has 2 N–H and O–H groups in total. The molecule has 0 radical (unpaired) electrons. The maximum Gasteiger partial charge on any atom is 0.261 e. The molecule has 0 atom stereocenters. The van der Waals surface area contributed by atoms with Gasteiger partial charge < -0.3 is 10.3 Å². The average Bonchev–Trinajstić information content (AvgIpc) is 2.50. The molecule has 0 fully saturated rings. The Hall–Kier alpha value is -2.47. The fourth-order valence-corrected chi connectivity index (χ4v) is 2.51. The highest BCUT2D eigenvalue weighted by molar-refractivity contribution is 9.10. The van der Waals surface area contributed by atoms with Crippen molar-refractivity contribution in [3.63, 3.8) is 0 Å². The van der Waals surface area contributed by atoms with Crippen LogP contribution in [0.15, 0.2) is 51.7 Å². The third-order valence-electron chi connectivity index (χ3n) is 3.47. The topological polar surface area (TPSA) is 62.0 Å². The number of hydrogen-bond donors (Lipinski definition) is 2. The van der Waals surface area contributed by atoms with Gasteiger partial charge in [-0.05, 0) is 60.3 Å². The molecule has 4 nitrogen and oxygen atoms in total. The molecule has 0 aliphatic rings. The lowest BCUT2D eigenvalue weighted by atomic mass is 10.1. The summed E-state index contributed by atoms with van der Waals surface area (Å²) in [5.41, 5.74) is 1.32. The lowest BCUT2D eigenvalue weighted by Gasteiger charge is -2.07. The zero-order valence-electron chi connectivity index (χ0n) is 12.1. The van der Waals surface area contributed by atoms with Crippen LogP contribution >= 0.6 is 15.9 Å². The number of fused-ring (bicyclic) bond motifs is 1. The highest BCUT2D eigenvalue weighted by Gasteiger charge is 2.13. The number of anilines is 1. The molecule has 0 saturated heterocycles. The van der Waals surface area contributed by atoms with Gasteiger partial charge in [-0.2, -0.15) is 0 Å². The minimum Gasteiger partial charge on any atom is -0.322 e. The molecule has 0 unspecified atom stereocenters. The second-order valence-electron chi connectivity index (χ2n) is 5.16. The van der Waals surface area contributed by atoms with Crippen molar-refractivity contribution >= 4 is 38.4 Å². The first-order valence-corrected chi connectivity index (χ1v) is 7.63. The largest absolute Gasteiger partial charge is 0.322 e. The summed E-state index contributed by atoms with van der Waals surface area (Å²) >= 11 is 3.39. The second kappa shape index (κ2) is 5.96. The highest BCUT2D eigenvalue weighted by Crippen LogP contribution is 2.20. The fourth-order valence-electron chi connectivity index (χ4n) is 2.26. The Kier molecular flexibility index (Phi) is 4.00. The summed E-state index contributed by atoms with van der Waals surface area (Å²) in [6, 6.07) is 10.8. The third-order valence-corrected chi connectivity index (χ3v) is 4.36. The van der Waals surface area contributed by atoms with Crippen molar-refractivity contribution in [1.29, 1.82) is 0 Å². The number of aromatic amines is 1. The number of amides is 1. The van der Waals surface area contributed by atoms with Crippen LogP contribution in [0, 0.1) is 12.7 Å². The van der Waals surface area contributed by atoms with Gasteiger partial charge in [-0.15, -0.1) is 0 Å². The van der Waals surface area contributed by atoms with Crippen molar-refractivity contribution < 1.29 is 9.18 Å². The van der Waals surface area contributed by atoms with E-state index < -0.39 is 17.3 Å². The van der Waals surface area contributed by atoms with Gasteiger partial charge in [-0.25, -0.2) is 4.39 Å². The number of carbonyl (C=O) groups excluding carboxylic acids is 1. The van der Waals surface area contributed by atoms with Gasteiger partial charge in [0.05, 0.1) is 5.52 Å². The van der Waals surface area contributed by atoms with Crippen molar-refractivity contribution in [1.82, 2.24) is 4.98 Å². The van der Waals surface area contributed by atoms with Crippen LogP contribution in [-0.2, 0) is 0 Å². The molecular formula is C17H12BrFN2O2. The Morgan fingerprint density at radius 3 is 2.70 bits per heavy atom. The van der Waals surface area contributed by atoms with Crippen molar-refractivity contribution in [2.75, 3.05) is 5.32 Å². The summed E-state index contributed by atoms with van der Waals surface area (Å²) in [5, 5.41) is 3.28. The first kappa shape index (κ1) is 15.4. The van der Waals surface area contributed by atoms with Crippen molar-refractivity contribution in [3.8, 4) is 0 Å². The predicted molar refractivity (Wildman–Crippen MR) is 91.4 cm³/mol. The Labute approximate surface area is 139 Å². The zero-order valence-corrected chi connectivity index (χ0v) is 13.7. The van der Waals surface area contributed by atoms with Crippen LogP contribution in [0.5, 0.6) is 0 Å². The Morgan fingerprint density at radius 1 is 1.17 bits per heavy atom. The van der Waals surface area contributed by atoms with Gasteiger partial charge in [0.15, 0.2) is 0 Å². The zero-order chi connectivity index (χ0) is 16.6. The molecule has 0 bridgehead atoms. The van der Waals surface area contributed by atoms with Crippen LogP contribution in [0.4, 0.5) is 10.1 Å². The first-order chi connectivity index (χ1) is 10.9. The van der Waals surface area contributed by atoms with E-state index in [0.717, 1.165) is 10.0 Å². The van der Waals surface area contributed by atoms with Crippen LogP contribution in [0.25, 0.3) is 10.9 Å². The highest BCUT2D eigenvalue weighted by atomic mass is 79.9. The van der Waals surface area contributed by atoms with Gasteiger partial charge in [0, 0.05) is 10.2 Å². The molecule has 6 heteroatoms. The van der Waals surface area contributed by atoms with Crippen LogP contribution in [0.1, 0.15) is 15.9 Å². The number of rotatable bonds is 2. The maximum absolute atomic E-state index is 13.2. The van der Waals surface area contributed by atoms with Gasteiger partial charge in [-0.1, -0.05) is 15.9 Å². The van der Waals surface area contributed by atoms with E-state index in [9.17, 15) is 14.0 Å². The quantitative estimate of drug-likeness (QED) is 0.712. The van der Waals surface area contributed by atoms with E-state index in [1.54, 1.807) is 12.1 Å². The number of aryl methyl sites for hydroxylation is 1. The summed E-state index contributed by atoms with van der Waals surface area (Å²) in [5.74, 6) is -0.963. The lowest BCUT2D eigenvalue weighted by molar-refractivity contribution is 0.102. The van der Waals surface area contributed by atoms with Crippen LogP contribution in [0.3, 0.4) is 0 Å². The minimum atomic E-state index is -0.561. The van der Waals surface area contributed by atoms with Crippen molar-refractivity contribution in [2.45, 2.75) is 6.92 Å². The number of carbonyl (C=O) groups is 1. The number of halogens is 2. The third kappa shape index (κ3) is 3.17. The molecule has 23 heavy (non-hydrogen) atoms. The number of benzene rings is 2. The molecule has 3 aromatic rings. The Balaban J connectivity index is 1.97. The molecule has 0 spiro atoms. The second-order valence-corrected chi connectivity index (χ2v) is 6.02. The molecule has 1 aromatic heterocycles. The Bertz CT molecular complexity index is 982. The van der Waals surface area contributed by atoms with Crippen molar-refractivity contribution in [3.05, 3.63) is 74.2 Å². The van der Waals surface area contributed by atoms with Crippen LogP contribution < -0.4 is 10.9 Å². The van der Waals surface area contributed by atoms with Gasteiger partial charge in [0.2, 0.25) is 0 Å². The molecular weight excluding hydrogens is 363 g/mol. The lowest BCUT2D eigenvalue weighted by Crippen LogP contribution is -2.23. The number of aromatic nitrogens is 1. The molecule has 0 aliphatic carbocycles. The summed E-state index contributed by atoms with van der Waals surface area (Å²) in [6.07, 6.45) is 0. The molecule has 0 aliphatic heterocycles. The van der Waals surface area contributed by atoms with E-state index in [2.05, 4.69) is 26.2 Å². The molecule has 3 rings (SSSR count). The molecule has 116 valence electrons. The molecule has 1 amide bonds. The van der Waals surface area contributed by atoms with E-state index in [4.69, 9.17) is 0 Å². The van der Waals surface area contributed by atoms with E-state index in [1.165, 1.54) is 24.3 Å². The maximum atomic E-state index is 13.2. The van der Waals surface area contributed by atoms with Crippen molar-refractivity contribution in [2.24, 2.45) is 0 Å². The number of pyridine rings is 1. The summed E-state index contributed by atoms with van der Waals surface area (Å²) < 4.78 is 14.1. The van der Waals surface area contributed by atoms with Gasteiger partial charge in [0.1, 0.15) is 11.4 Å². The number of nitrogens with one attached hydrogen (secondary N) is 2. The van der Waals surface area contributed by atoms with E-state index in [0.29, 0.717) is 16.6 Å². The average molecular weight is 375 g/mol. The van der Waals surface area contributed by atoms with Gasteiger partial charge in [0.25, 0.3) is 11.5 Å². The summed E-state index contributed by atoms with van der Waals surface area (Å²) in [7, 11) is 0. The SMILES string of the molecule is Cc1cc(NC(=O)c2cc3ccc(F)cc3[nH]c2=O)ccc1Br. The Morgan fingerprint density at radius 2 is 1.96 bits per heavy atom. The van der Waals surface area contributed by atoms with Gasteiger partial charge in [-0.3, -0.25) is 9.59 Å². The summed E-state index contributed by atoms with van der Waals surface area (Å²) in [4.78, 5) is 26.9. The monoisotopic (exact) mass is 374 g/mol. The molecule has 1 heterocycles. The standard InChI is InChI=1S/C17H12BrFN2O2/c1-9-6-12(4-5-14(9)18)20-16(22)13-7-10-2-3-11(19)8-15(10)21-17(13)23/h2-8H,1H3,(H,20,22)(H,21,23). The van der Waals surface area contributed by atoms with E-state index in [1.807, 2.05) is 13.0 Å². The molecule has 0 saturated carbocycles. The summed E-state index contributed by atoms with van der Waals surface area (Å²) in [6.45, 7) is 1.90. The van der Waals surface area contributed by atoms with Crippen LogP contribution in [0.2, 0.25) is 0 Å². The van der Waals surface area contributed by atoms with Gasteiger partial charge >= 0.3 is 0 Å². The molecule has 2 aromatic carbocycles.